The average Bonchev–Trinajstić information content (AvgIpc) is 2.67. The summed E-state index contributed by atoms with van der Waals surface area (Å²) in [6.07, 6.45) is 2.07. The van der Waals surface area contributed by atoms with Crippen LogP contribution in [0.25, 0.3) is 0 Å². The van der Waals surface area contributed by atoms with Gasteiger partial charge in [-0.25, -0.2) is 0 Å². The van der Waals surface area contributed by atoms with E-state index in [1.165, 1.54) is 11.1 Å². The lowest BCUT2D eigenvalue weighted by molar-refractivity contribution is 0.162. The number of aliphatic hydroxyl groups excluding tert-OH is 1. The van der Waals surface area contributed by atoms with E-state index in [1.54, 1.807) is 0 Å². The van der Waals surface area contributed by atoms with Crippen LogP contribution < -0.4 is 0 Å². The highest BCUT2D eigenvalue weighted by molar-refractivity contribution is 5.25. The molecule has 2 aromatic rings. The zero-order valence-electron chi connectivity index (χ0n) is 11.9. The Morgan fingerprint density at radius 1 is 1.26 bits per heavy atom. The number of hydrogen-bond acceptors (Lipinski definition) is 2. The SMILES string of the molecule is Cc1cc(CC(O)CCc2ccccc2C)n(C)n1. The van der Waals surface area contributed by atoms with Crippen molar-refractivity contribution in [2.75, 3.05) is 0 Å². The second kappa shape index (κ2) is 6.02. The van der Waals surface area contributed by atoms with Crippen molar-refractivity contribution in [2.24, 2.45) is 7.05 Å². The van der Waals surface area contributed by atoms with Crippen molar-refractivity contribution in [2.45, 2.75) is 39.2 Å². The van der Waals surface area contributed by atoms with Crippen LogP contribution >= 0.6 is 0 Å². The summed E-state index contributed by atoms with van der Waals surface area (Å²) >= 11 is 0. The summed E-state index contributed by atoms with van der Waals surface area (Å²) in [4.78, 5) is 0. The molecule has 0 amide bonds. The third-order valence-electron chi connectivity index (χ3n) is 3.55. The van der Waals surface area contributed by atoms with Crippen molar-refractivity contribution in [3.63, 3.8) is 0 Å². The minimum absolute atomic E-state index is 0.311. The van der Waals surface area contributed by atoms with Crippen molar-refractivity contribution in [1.29, 1.82) is 0 Å². The second-order valence-electron chi connectivity index (χ2n) is 5.22. The monoisotopic (exact) mass is 258 g/mol. The second-order valence-corrected chi connectivity index (χ2v) is 5.22. The molecular formula is C16H22N2O. The van der Waals surface area contributed by atoms with E-state index in [9.17, 15) is 5.11 Å². The Morgan fingerprint density at radius 3 is 2.63 bits per heavy atom. The van der Waals surface area contributed by atoms with Gasteiger partial charge in [0.05, 0.1) is 11.8 Å². The normalized spacial score (nSPS) is 12.6. The molecule has 1 heterocycles. The molecule has 0 fully saturated rings. The molecule has 19 heavy (non-hydrogen) atoms. The molecule has 0 radical (unpaired) electrons. The quantitative estimate of drug-likeness (QED) is 0.895. The van der Waals surface area contributed by atoms with Gasteiger partial charge in [0.1, 0.15) is 0 Å². The fraction of sp³-hybridized carbons (Fsp3) is 0.438. The molecule has 1 aromatic heterocycles. The Labute approximate surface area is 114 Å². The van der Waals surface area contributed by atoms with Gasteiger partial charge in [-0.15, -0.1) is 0 Å². The molecule has 0 spiro atoms. The standard InChI is InChI=1S/C16H22N2O/c1-12-6-4-5-7-14(12)8-9-16(19)11-15-10-13(2)17-18(15)3/h4-7,10,16,19H,8-9,11H2,1-3H3. The van der Waals surface area contributed by atoms with Gasteiger partial charge in [-0.05, 0) is 43.9 Å². The molecule has 0 aliphatic heterocycles. The fourth-order valence-electron chi connectivity index (χ4n) is 2.41. The van der Waals surface area contributed by atoms with E-state index < -0.39 is 0 Å². The molecule has 3 nitrogen and oxygen atoms in total. The molecule has 0 saturated carbocycles. The van der Waals surface area contributed by atoms with E-state index in [2.05, 4.69) is 30.2 Å². The molecule has 0 aliphatic rings. The highest BCUT2D eigenvalue weighted by Crippen LogP contribution is 2.13. The molecule has 1 atom stereocenters. The van der Waals surface area contributed by atoms with Gasteiger partial charge in [0, 0.05) is 19.2 Å². The minimum Gasteiger partial charge on any atom is -0.393 e. The zero-order chi connectivity index (χ0) is 13.8. The molecule has 1 N–H and O–H groups in total. The van der Waals surface area contributed by atoms with Crippen LogP contribution in [0, 0.1) is 13.8 Å². The van der Waals surface area contributed by atoms with Gasteiger partial charge in [-0.1, -0.05) is 24.3 Å². The largest absolute Gasteiger partial charge is 0.393 e. The predicted octanol–water partition coefficient (Wildman–Crippen LogP) is 2.57. The van der Waals surface area contributed by atoms with Gasteiger partial charge in [0.15, 0.2) is 0 Å². The van der Waals surface area contributed by atoms with Crippen LogP contribution in [0.2, 0.25) is 0 Å². The molecule has 0 saturated heterocycles. The number of benzene rings is 1. The lowest BCUT2D eigenvalue weighted by Crippen LogP contribution is -2.14. The third kappa shape index (κ3) is 3.67. The zero-order valence-corrected chi connectivity index (χ0v) is 11.9. The van der Waals surface area contributed by atoms with Gasteiger partial charge in [0.2, 0.25) is 0 Å². The number of aromatic nitrogens is 2. The summed E-state index contributed by atoms with van der Waals surface area (Å²) in [6, 6.07) is 10.4. The molecule has 1 unspecified atom stereocenters. The van der Waals surface area contributed by atoms with Crippen LogP contribution in [0.4, 0.5) is 0 Å². The lowest BCUT2D eigenvalue weighted by Gasteiger charge is -2.11. The van der Waals surface area contributed by atoms with E-state index in [0.717, 1.165) is 24.2 Å². The summed E-state index contributed by atoms with van der Waals surface area (Å²) < 4.78 is 1.85. The molecule has 1 aromatic carbocycles. The van der Waals surface area contributed by atoms with Crippen LogP contribution in [-0.4, -0.2) is 21.0 Å². The topological polar surface area (TPSA) is 38.0 Å². The van der Waals surface area contributed by atoms with E-state index in [4.69, 9.17) is 0 Å². The van der Waals surface area contributed by atoms with Crippen molar-refractivity contribution in [3.8, 4) is 0 Å². The smallest absolute Gasteiger partial charge is 0.0598 e. The third-order valence-corrected chi connectivity index (χ3v) is 3.55. The Morgan fingerprint density at radius 2 is 2.00 bits per heavy atom. The highest BCUT2D eigenvalue weighted by Gasteiger charge is 2.10. The first-order valence-electron chi connectivity index (χ1n) is 6.78. The first kappa shape index (κ1) is 13.8. The van der Waals surface area contributed by atoms with Gasteiger partial charge >= 0.3 is 0 Å². The minimum atomic E-state index is -0.311. The Hall–Kier alpha value is -1.61. The number of rotatable bonds is 5. The van der Waals surface area contributed by atoms with Crippen molar-refractivity contribution in [1.82, 2.24) is 9.78 Å². The van der Waals surface area contributed by atoms with E-state index in [1.807, 2.05) is 30.8 Å². The van der Waals surface area contributed by atoms with E-state index in [-0.39, 0.29) is 6.10 Å². The number of hydrogen-bond donors (Lipinski definition) is 1. The molecule has 0 bridgehead atoms. The first-order chi connectivity index (χ1) is 9.06. The van der Waals surface area contributed by atoms with Gasteiger partial charge < -0.3 is 5.11 Å². The van der Waals surface area contributed by atoms with Crippen molar-refractivity contribution < 1.29 is 5.11 Å². The number of aryl methyl sites for hydroxylation is 4. The van der Waals surface area contributed by atoms with E-state index >= 15 is 0 Å². The van der Waals surface area contributed by atoms with Crippen LogP contribution in [0.3, 0.4) is 0 Å². The Bertz CT molecular complexity index is 545. The van der Waals surface area contributed by atoms with Crippen LogP contribution in [-0.2, 0) is 19.9 Å². The maximum atomic E-state index is 10.1. The summed E-state index contributed by atoms with van der Waals surface area (Å²) in [5, 5.41) is 14.4. The molecular weight excluding hydrogens is 236 g/mol. The fourth-order valence-corrected chi connectivity index (χ4v) is 2.41. The lowest BCUT2D eigenvalue weighted by atomic mass is 10.0. The van der Waals surface area contributed by atoms with Gasteiger partial charge in [-0.3, -0.25) is 4.68 Å². The predicted molar refractivity (Wildman–Crippen MR) is 77.2 cm³/mol. The Kier molecular flexibility index (Phi) is 4.38. The maximum absolute atomic E-state index is 10.1. The Balaban J connectivity index is 1.90. The summed E-state index contributed by atoms with van der Waals surface area (Å²) in [6.45, 7) is 4.09. The van der Waals surface area contributed by atoms with Crippen LogP contribution in [0.1, 0.15) is 28.9 Å². The molecule has 102 valence electrons. The molecule has 0 aliphatic carbocycles. The van der Waals surface area contributed by atoms with Crippen LogP contribution in [0.15, 0.2) is 30.3 Å². The molecule has 3 heteroatoms. The van der Waals surface area contributed by atoms with Crippen molar-refractivity contribution >= 4 is 0 Å². The maximum Gasteiger partial charge on any atom is 0.0598 e. The average molecular weight is 258 g/mol. The number of nitrogens with zero attached hydrogens (tertiary/aromatic N) is 2. The van der Waals surface area contributed by atoms with Crippen molar-refractivity contribution in [3.05, 3.63) is 52.8 Å². The van der Waals surface area contributed by atoms with E-state index in [0.29, 0.717) is 6.42 Å². The first-order valence-corrected chi connectivity index (χ1v) is 6.78. The highest BCUT2D eigenvalue weighted by atomic mass is 16.3. The summed E-state index contributed by atoms with van der Waals surface area (Å²) in [5.74, 6) is 0. The number of aliphatic hydroxyl groups is 1. The van der Waals surface area contributed by atoms with Gasteiger partial charge in [-0.2, -0.15) is 5.10 Å². The van der Waals surface area contributed by atoms with Crippen LogP contribution in [0.5, 0.6) is 0 Å². The van der Waals surface area contributed by atoms with Gasteiger partial charge in [0.25, 0.3) is 0 Å². The summed E-state index contributed by atoms with van der Waals surface area (Å²) in [5.41, 5.74) is 4.72. The molecule has 2 rings (SSSR count). The summed E-state index contributed by atoms with van der Waals surface area (Å²) in [7, 11) is 1.93.